The molecule has 0 N–H and O–H groups in total. The number of nitrogens with zero attached hydrogens (tertiary/aromatic N) is 1. The fraction of sp³-hybridized carbons (Fsp3) is 0.111. The average molecular weight is 232 g/mol. The molecule has 1 aromatic heterocycles. The summed E-state index contributed by atoms with van der Waals surface area (Å²) in [7, 11) is 1.88. The predicted octanol–water partition coefficient (Wildman–Crippen LogP) is 3.77. The minimum absolute atomic E-state index is 0.565. The lowest BCUT2D eigenvalue weighted by atomic mass is 10.2. The molecular weight excluding hydrogens is 225 g/mol. The Bertz CT molecular complexity index is 476. The van der Waals surface area contributed by atoms with Crippen LogP contribution in [0.15, 0.2) is 23.1 Å². The van der Waals surface area contributed by atoms with E-state index in [0.717, 1.165) is 15.8 Å². The van der Waals surface area contributed by atoms with Gasteiger partial charge < -0.3 is 4.57 Å². The van der Waals surface area contributed by atoms with Crippen molar-refractivity contribution in [2.75, 3.05) is 0 Å². The van der Waals surface area contributed by atoms with E-state index in [0.29, 0.717) is 10.2 Å². The molecule has 0 unspecified atom stereocenters. The molecule has 0 bridgehead atoms. The Morgan fingerprint density at radius 2 is 2.00 bits per heavy atom. The van der Waals surface area contributed by atoms with Crippen LogP contribution in [0.25, 0.3) is 10.9 Å². The number of benzene rings is 1. The van der Waals surface area contributed by atoms with E-state index in [1.54, 1.807) is 0 Å². The standard InChI is InChI=1S/C9H7Cl2NS/c1-12-7-3-2-5(13)4-6(7)8(10)9(12)11/h2-4,13H,1H3. The Balaban J connectivity index is 2.95. The predicted molar refractivity (Wildman–Crippen MR) is 60.2 cm³/mol. The summed E-state index contributed by atoms with van der Waals surface area (Å²) >= 11 is 16.3. The molecule has 0 radical (unpaired) electrons. The molecule has 0 fully saturated rings. The second kappa shape index (κ2) is 3.12. The third-order valence-electron chi connectivity index (χ3n) is 2.05. The first-order valence-corrected chi connectivity index (χ1v) is 4.94. The smallest absolute Gasteiger partial charge is 0.128 e. The van der Waals surface area contributed by atoms with Crippen molar-refractivity contribution in [1.82, 2.24) is 4.57 Å². The number of halogens is 2. The molecule has 2 aromatic rings. The van der Waals surface area contributed by atoms with Gasteiger partial charge in [0.2, 0.25) is 0 Å². The molecule has 0 aliphatic heterocycles. The van der Waals surface area contributed by atoms with Crippen LogP contribution < -0.4 is 0 Å². The minimum Gasteiger partial charge on any atom is -0.333 e. The van der Waals surface area contributed by atoms with Gasteiger partial charge in [-0.2, -0.15) is 0 Å². The quantitative estimate of drug-likeness (QED) is 0.659. The van der Waals surface area contributed by atoms with Gasteiger partial charge in [0.25, 0.3) is 0 Å². The van der Waals surface area contributed by atoms with Crippen molar-refractivity contribution in [1.29, 1.82) is 0 Å². The number of thiol groups is 1. The second-order valence-electron chi connectivity index (χ2n) is 2.87. The Labute approximate surface area is 91.7 Å². The van der Waals surface area contributed by atoms with Gasteiger partial charge in [0, 0.05) is 17.3 Å². The summed E-state index contributed by atoms with van der Waals surface area (Å²) in [6, 6.07) is 5.78. The van der Waals surface area contributed by atoms with Crippen LogP contribution in [0.3, 0.4) is 0 Å². The van der Waals surface area contributed by atoms with E-state index in [1.165, 1.54) is 0 Å². The van der Waals surface area contributed by atoms with Crippen LogP contribution in [0.1, 0.15) is 0 Å². The molecule has 1 aromatic carbocycles. The molecule has 1 heterocycles. The lowest BCUT2D eigenvalue weighted by molar-refractivity contribution is 0.970. The highest BCUT2D eigenvalue weighted by Crippen LogP contribution is 2.34. The van der Waals surface area contributed by atoms with E-state index in [9.17, 15) is 0 Å². The molecule has 4 heteroatoms. The highest BCUT2D eigenvalue weighted by molar-refractivity contribution is 7.80. The number of hydrogen-bond donors (Lipinski definition) is 1. The van der Waals surface area contributed by atoms with Crippen LogP contribution in [0, 0.1) is 0 Å². The van der Waals surface area contributed by atoms with E-state index in [2.05, 4.69) is 12.6 Å². The Morgan fingerprint density at radius 3 is 2.69 bits per heavy atom. The molecule has 0 aliphatic carbocycles. The number of fused-ring (bicyclic) bond motifs is 1. The SMILES string of the molecule is Cn1c(Cl)c(Cl)c2cc(S)ccc21. The highest BCUT2D eigenvalue weighted by Gasteiger charge is 2.10. The van der Waals surface area contributed by atoms with Gasteiger partial charge >= 0.3 is 0 Å². The van der Waals surface area contributed by atoms with Gasteiger partial charge in [0.1, 0.15) is 5.15 Å². The fourth-order valence-electron chi connectivity index (χ4n) is 1.36. The lowest BCUT2D eigenvalue weighted by Crippen LogP contribution is -1.85. The van der Waals surface area contributed by atoms with Crippen LogP contribution in [0.2, 0.25) is 10.2 Å². The number of rotatable bonds is 0. The van der Waals surface area contributed by atoms with Gasteiger partial charge in [0.15, 0.2) is 0 Å². The van der Waals surface area contributed by atoms with Crippen LogP contribution >= 0.6 is 35.8 Å². The number of aromatic nitrogens is 1. The summed E-state index contributed by atoms with van der Waals surface area (Å²) in [6.07, 6.45) is 0. The maximum absolute atomic E-state index is 6.03. The van der Waals surface area contributed by atoms with Gasteiger partial charge in [-0.05, 0) is 18.2 Å². The summed E-state index contributed by atoms with van der Waals surface area (Å²) in [5.41, 5.74) is 1.02. The normalized spacial score (nSPS) is 11.1. The first kappa shape index (κ1) is 9.25. The Hall–Kier alpha value is -0.310. The molecule has 0 atom stereocenters. The van der Waals surface area contributed by atoms with E-state index < -0.39 is 0 Å². The van der Waals surface area contributed by atoms with Crippen molar-refractivity contribution in [3.05, 3.63) is 28.4 Å². The zero-order chi connectivity index (χ0) is 9.59. The largest absolute Gasteiger partial charge is 0.333 e. The summed E-state index contributed by atoms with van der Waals surface area (Å²) in [5.74, 6) is 0. The molecule has 0 saturated heterocycles. The third-order valence-corrected chi connectivity index (χ3v) is 3.25. The van der Waals surface area contributed by atoms with Crippen LogP contribution in [-0.2, 0) is 7.05 Å². The fourth-order valence-corrected chi connectivity index (χ4v) is 2.03. The van der Waals surface area contributed by atoms with Gasteiger partial charge in [-0.3, -0.25) is 0 Å². The van der Waals surface area contributed by atoms with Gasteiger partial charge in [-0.25, -0.2) is 0 Å². The van der Waals surface area contributed by atoms with Crippen molar-refractivity contribution in [3.8, 4) is 0 Å². The first-order chi connectivity index (χ1) is 6.11. The van der Waals surface area contributed by atoms with Crippen molar-refractivity contribution < 1.29 is 0 Å². The van der Waals surface area contributed by atoms with Gasteiger partial charge in [-0.15, -0.1) is 12.6 Å². The molecule has 0 aliphatic rings. The van der Waals surface area contributed by atoms with Crippen LogP contribution in [-0.4, -0.2) is 4.57 Å². The Morgan fingerprint density at radius 1 is 1.31 bits per heavy atom. The van der Waals surface area contributed by atoms with E-state index >= 15 is 0 Å². The molecule has 0 amide bonds. The zero-order valence-electron chi connectivity index (χ0n) is 6.88. The van der Waals surface area contributed by atoms with Crippen LogP contribution in [0.4, 0.5) is 0 Å². The third kappa shape index (κ3) is 1.33. The highest BCUT2D eigenvalue weighted by atomic mass is 35.5. The molecule has 2 rings (SSSR count). The van der Waals surface area contributed by atoms with Gasteiger partial charge in [0.05, 0.1) is 10.5 Å². The van der Waals surface area contributed by atoms with Gasteiger partial charge in [-0.1, -0.05) is 23.2 Å². The molecule has 68 valence electrons. The first-order valence-electron chi connectivity index (χ1n) is 3.73. The second-order valence-corrected chi connectivity index (χ2v) is 4.12. The number of aryl methyl sites for hydroxylation is 1. The molecule has 1 nitrogen and oxygen atoms in total. The zero-order valence-corrected chi connectivity index (χ0v) is 9.29. The summed E-state index contributed by atoms with van der Waals surface area (Å²) in [4.78, 5) is 0.886. The molecule has 13 heavy (non-hydrogen) atoms. The van der Waals surface area contributed by atoms with Crippen molar-refractivity contribution >= 4 is 46.7 Å². The summed E-state index contributed by atoms with van der Waals surface area (Å²) < 4.78 is 1.85. The number of hydrogen-bond acceptors (Lipinski definition) is 1. The lowest BCUT2D eigenvalue weighted by Gasteiger charge is -1.96. The van der Waals surface area contributed by atoms with Crippen LogP contribution in [0.5, 0.6) is 0 Å². The average Bonchev–Trinajstić information content (AvgIpc) is 2.32. The maximum Gasteiger partial charge on any atom is 0.128 e. The molecular formula is C9H7Cl2NS. The Kier molecular flexibility index (Phi) is 2.22. The van der Waals surface area contributed by atoms with E-state index in [4.69, 9.17) is 23.2 Å². The van der Waals surface area contributed by atoms with Crippen molar-refractivity contribution in [2.45, 2.75) is 4.90 Å². The van der Waals surface area contributed by atoms with E-state index in [1.807, 2.05) is 29.8 Å². The summed E-state index contributed by atoms with van der Waals surface area (Å²) in [5, 5.41) is 2.10. The molecule has 0 saturated carbocycles. The monoisotopic (exact) mass is 231 g/mol. The summed E-state index contributed by atoms with van der Waals surface area (Å²) in [6.45, 7) is 0. The van der Waals surface area contributed by atoms with Crippen molar-refractivity contribution in [3.63, 3.8) is 0 Å². The van der Waals surface area contributed by atoms with E-state index in [-0.39, 0.29) is 0 Å². The van der Waals surface area contributed by atoms with Crippen molar-refractivity contribution in [2.24, 2.45) is 7.05 Å². The minimum atomic E-state index is 0.565. The molecule has 0 spiro atoms. The topological polar surface area (TPSA) is 4.93 Å². The maximum atomic E-state index is 6.03.